The van der Waals surface area contributed by atoms with E-state index in [1.807, 2.05) is 0 Å². The van der Waals surface area contributed by atoms with Crippen molar-refractivity contribution < 1.29 is 23.2 Å². The number of anilines is 3. The average Bonchev–Trinajstić information content (AvgIpc) is 3.17. The minimum atomic E-state index is -2.77. The molecular formula is C21H26N6O5S. The minimum absolute atomic E-state index is 0.0428. The highest BCUT2D eigenvalue weighted by atomic mass is 32.3. The number of nitrogens with one attached hydrogen (secondary N) is 2. The van der Waals surface area contributed by atoms with Gasteiger partial charge in [-0.15, -0.1) is 0 Å². The number of hydrogen-bond donors (Lipinski definition) is 4. The SMILES string of the molecule is Cc1cc(NC(=O)Nc2ccc(-c3nc(CS(C)(O)O)cc(N4CCOCC4)n3)cc2)no1. The largest absolute Gasteiger partial charge is 0.378 e. The van der Waals surface area contributed by atoms with Gasteiger partial charge in [-0.1, -0.05) is 5.16 Å². The topological polar surface area (TPSA) is 146 Å². The molecule has 1 aliphatic heterocycles. The Kier molecular flexibility index (Phi) is 6.79. The van der Waals surface area contributed by atoms with Crippen molar-refractivity contribution in [2.75, 3.05) is 48.1 Å². The first-order valence-corrected chi connectivity index (χ1v) is 12.4. The Balaban J connectivity index is 1.53. The molecule has 2 aromatic heterocycles. The number of rotatable bonds is 6. The number of ether oxygens (including phenoxy) is 1. The molecule has 3 aromatic rings. The van der Waals surface area contributed by atoms with Gasteiger partial charge in [0.2, 0.25) is 0 Å². The number of aryl methyl sites for hydroxylation is 1. The first-order chi connectivity index (χ1) is 15.7. The molecule has 11 nitrogen and oxygen atoms in total. The van der Waals surface area contributed by atoms with E-state index in [9.17, 15) is 13.9 Å². The Morgan fingerprint density at radius 1 is 1.12 bits per heavy atom. The minimum Gasteiger partial charge on any atom is -0.378 e. The number of aromatic nitrogens is 3. The summed E-state index contributed by atoms with van der Waals surface area (Å²) in [5.41, 5.74) is 1.86. The van der Waals surface area contributed by atoms with Crippen LogP contribution in [0.15, 0.2) is 40.9 Å². The van der Waals surface area contributed by atoms with Crippen molar-refractivity contribution in [2.24, 2.45) is 0 Å². The molecule has 3 heterocycles. The van der Waals surface area contributed by atoms with Crippen molar-refractivity contribution in [3.05, 3.63) is 47.9 Å². The zero-order chi connectivity index (χ0) is 23.4. The van der Waals surface area contributed by atoms with Crippen LogP contribution < -0.4 is 15.5 Å². The normalized spacial score (nSPS) is 14.7. The van der Waals surface area contributed by atoms with E-state index in [1.54, 1.807) is 43.3 Å². The number of urea groups is 1. The second-order valence-corrected chi connectivity index (χ2v) is 10.0. The fourth-order valence-corrected chi connectivity index (χ4v) is 4.04. The molecule has 1 saturated heterocycles. The predicted molar refractivity (Wildman–Crippen MR) is 127 cm³/mol. The summed E-state index contributed by atoms with van der Waals surface area (Å²) in [4.78, 5) is 23.5. The summed E-state index contributed by atoms with van der Waals surface area (Å²) in [7, 11) is -2.77. The molecule has 0 radical (unpaired) electrons. The number of morpholine rings is 1. The molecule has 0 aliphatic carbocycles. The monoisotopic (exact) mass is 474 g/mol. The number of carbonyl (C=O) groups excluding carboxylic acids is 1. The lowest BCUT2D eigenvalue weighted by Gasteiger charge is -2.30. The van der Waals surface area contributed by atoms with Crippen molar-refractivity contribution in [1.82, 2.24) is 15.1 Å². The number of nitrogens with zero attached hydrogens (tertiary/aromatic N) is 4. The molecular weight excluding hydrogens is 448 g/mol. The molecule has 4 rings (SSSR count). The molecule has 1 aliphatic rings. The van der Waals surface area contributed by atoms with Gasteiger partial charge in [-0.3, -0.25) is 14.4 Å². The van der Waals surface area contributed by atoms with Crippen LogP contribution in [0.25, 0.3) is 11.4 Å². The van der Waals surface area contributed by atoms with Gasteiger partial charge in [0.1, 0.15) is 11.6 Å². The molecule has 4 N–H and O–H groups in total. The quantitative estimate of drug-likeness (QED) is 0.419. The van der Waals surface area contributed by atoms with E-state index in [2.05, 4.69) is 25.7 Å². The maximum absolute atomic E-state index is 12.2. The Labute approximate surface area is 192 Å². The van der Waals surface area contributed by atoms with Crippen LogP contribution in [0.5, 0.6) is 0 Å². The van der Waals surface area contributed by atoms with Crippen molar-refractivity contribution >= 4 is 33.9 Å². The molecule has 1 fully saturated rings. The maximum atomic E-state index is 12.2. The second-order valence-electron chi connectivity index (χ2n) is 7.76. The summed E-state index contributed by atoms with van der Waals surface area (Å²) >= 11 is 0. The molecule has 0 atom stereocenters. The van der Waals surface area contributed by atoms with Gasteiger partial charge in [0.25, 0.3) is 0 Å². The fourth-order valence-electron chi connectivity index (χ4n) is 3.33. The van der Waals surface area contributed by atoms with Gasteiger partial charge >= 0.3 is 6.03 Å². The summed E-state index contributed by atoms with van der Waals surface area (Å²) in [6.45, 7) is 4.34. The van der Waals surface area contributed by atoms with E-state index in [0.717, 1.165) is 5.56 Å². The number of benzene rings is 1. The van der Waals surface area contributed by atoms with Gasteiger partial charge in [-0.25, -0.2) is 14.8 Å². The Hall–Kier alpha value is -3.19. The maximum Gasteiger partial charge on any atom is 0.324 e. The lowest BCUT2D eigenvalue weighted by atomic mass is 10.2. The van der Waals surface area contributed by atoms with Gasteiger partial charge in [0, 0.05) is 42.7 Å². The van der Waals surface area contributed by atoms with Crippen molar-refractivity contribution in [3.63, 3.8) is 0 Å². The third-order valence-corrected chi connectivity index (χ3v) is 5.64. The summed E-state index contributed by atoms with van der Waals surface area (Å²) < 4.78 is 30.2. The Bertz CT molecular complexity index is 1110. The highest BCUT2D eigenvalue weighted by molar-refractivity contribution is 8.23. The van der Waals surface area contributed by atoms with Gasteiger partial charge in [-0.05, 0) is 31.2 Å². The van der Waals surface area contributed by atoms with E-state index in [4.69, 9.17) is 14.2 Å². The Morgan fingerprint density at radius 2 is 1.85 bits per heavy atom. The Morgan fingerprint density at radius 3 is 2.48 bits per heavy atom. The van der Waals surface area contributed by atoms with Gasteiger partial charge < -0.3 is 19.5 Å². The van der Waals surface area contributed by atoms with Crippen LogP contribution in [0.4, 0.5) is 22.1 Å². The van der Waals surface area contributed by atoms with Crippen molar-refractivity contribution in [1.29, 1.82) is 0 Å². The molecule has 1 aromatic carbocycles. The highest BCUT2D eigenvalue weighted by Gasteiger charge is 2.18. The van der Waals surface area contributed by atoms with E-state index in [-0.39, 0.29) is 5.75 Å². The van der Waals surface area contributed by atoms with Gasteiger partial charge in [-0.2, -0.15) is 10.6 Å². The summed E-state index contributed by atoms with van der Waals surface area (Å²) in [6.07, 6.45) is 1.40. The van der Waals surface area contributed by atoms with E-state index >= 15 is 0 Å². The van der Waals surface area contributed by atoms with Crippen LogP contribution in [0, 0.1) is 6.92 Å². The van der Waals surface area contributed by atoms with Crippen LogP contribution in [-0.4, -0.2) is 62.8 Å². The highest BCUT2D eigenvalue weighted by Crippen LogP contribution is 2.38. The smallest absolute Gasteiger partial charge is 0.324 e. The third kappa shape index (κ3) is 6.42. The molecule has 12 heteroatoms. The zero-order valence-electron chi connectivity index (χ0n) is 18.3. The summed E-state index contributed by atoms with van der Waals surface area (Å²) in [5, 5.41) is 9.04. The number of amides is 2. The van der Waals surface area contributed by atoms with E-state index in [0.29, 0.717) is 60.9 Å². The van der Waals surface area contributed by atoms with Crippen LogP contribution >= 0.6 is 10.6 Å². The van der Waals surface area contributed by atoms with Crippen LogP contribution in [0.3, 0.4) is 0 Å². The number of hydrogen-bond acceptors (Lipinski definition) is 9. The lowest BCUT2D eigenvalue weighted by Crippen LogP contribution is -2.37. The third-order valence-electron chi connectivity index (χ3n) is 4.79. The number of carbonyl (C=O) groups is 1. The van der Waals surface area contributed by atoms with E-state index < -0.39 is 16.6 Å². The first kappa shape index (κ1) is 23.0. The molecule has 0 bridgehead atoms. The second kappa shape index (κ2) is 9.75. The molecule has 176 valence electrons. The standard InChI is InChI=1S/C21H26N6O5S/c1-14-11-18(26-32-14)24-21(28)23-16-5-3-15(4-6-16)20-22-17(13-33(2,29)30)12-19(25-20)27-7-9-31-10-8-27/h3-6,11-12,29-30H,7-10,13H2,1-2H3,(H2,23,24,26,28). The lowest BCUT2D eigenvalue weighted by molar-refractivity contribution is 0.122. The molecule has 2 amide bonds. The van der Waals surface area contributed by atoms with Gasteiger partial charge in [0.15, 0.2) is 11.6 Å². The van der Waals surface area contributed by atoms with Crippen LogP contribution in [-0.2, 0) is 10.5 Å². The molecule has 0 spiro atoms. The fraction of sp³-hybridized carbons (Fsp3) is 0.333. The molecule has 0 saturated carbocycles. The van der Waals surface area contributed by atoms with E-state index in [1.165, 1.54) is 6.26 Å². The van der Waals surface area contributed by atoms with Crippen molar-refractivity contribution in [2.45, 2.75) is 12.7 Å². The van der Waals surface area contributed by atoms with Crippen LogP contribution in [0.2, 0.25) is 0 Å². The summed E-state index contributed by atoms with van der Waals surface area (Å²) in [6, 6.07) is 10.0. The zero-order valence-corrected chi connectivity index (χ0v) is 19.1. The average molecular weight is 475 g/mol. The molecule has 33 heavy (non-hydrogen) atoms. The van der Waals surface area contributed by atoms with Crippen molar-refractivity contribution in [3.8, 4) is 11.4 Å². The van der Waals surface area contributed by atoms with Crippen LogP contribution in [0.1, 0.15) is 11.5 Å². The first-order valence-electron chi connectivity index (χ1n) is 10.3. The summed E-state index contributed by atoms with van der Waals surface area (Å²) in [5.74, 6) is 2.14. The molecule has 0 unspecified atom stereocenters. The predicted octanol–water partition coefficient (Wildman–Crippen LogP) is 3.80. The van der Waals surface area contributed by atoms with Gasteiger partial charge in [0.05, 0.1) is 24.7 Å².